The van der Waals surface area contributed by atoms with Crippen molar-refractivity contribution in [2.45, 2.75) is 19.0 Å². The van der Waals surface area contributed by atoms with Gasteiger partial charge < -0.3 is 4.90 Å². The van der Waals surface area contributed by atoms with Gasteiger partial charge in [0.1, 0.15) is 0 Å². The lowest BCUT2D eigenvalue weighted by Crippen LogP contribution is -2.39. The lowest BCUT2D eigenvalue weighted by molar-refractivity contribution is 0.0629. The van der Waals surface area contributed by atoms with Crippen LogP contribution in [0.2, 0.25) is 0 Å². The van der Waals surface area contributed by atoms with Crippen LogP contribution in [-0.4, -0.2) is 15.8 Å². The van der Waals surface area contributed by atoms with Crippen molar-refractivity contribution in [3.63, 3.8) is 0 Å². The van der Waals surface area contributed by atoms with Gasteiger partial charge in [-0.3, -0.25) is 9.78 Å². The molecule has 0 bridgehead atoms. The molecule has 0 radical (unpaired) electrons. The highest BCUT2D eigenvalue weighted by Gasteiger charge is 2.32. The third kappa shape index (κ3) is 2.69. The van der Waals surface area contributed by atoms with Crippen molar-refractivity contribution in [3.05, 3.63) is 101 Å². The zero-order valence-electron chi connectivity index (χ0n) is 13.3. The molecule has 1 amide bonds. The summed E-state index contributed by atoms with van der Waals surface area (Å²) in [5.74, 6) is 0.0996. The number of nitrogens with zero attached hydrogens (tertiary/aromatic N) is 2. The highest BCUT2D eigenvalue weighted by molar-refractivity contribution is 5.97. The second-order valence-corrected chi connectivity index (χ2v) is 6.08. The van der Waals surface area contributed by atoms with E-state index in [9.17, 15) is 4.79 Å². The smallest absolute Gasteiger partial charge is 0.254 e. The maximum absolute atomic E-state index is 13.1. The van der Waals surface area contributed by atoms with Gasteiger partial charge in [-0.25, -0.2) is 0 Å². The third-order valence-electron chi connectivity index (χ3n) is 4.58. The molecule has 1 unspecified atom stereocenters. The topological polar surface area (TPSA) is 33.2 Å². The first-order valence-corrected chi connectivity index (χ1v) is 8.15. The van der Waals surface area contributed by atoms with E-state index in [1.807, 2.05) is 53.4 Å². The van der Waals surface area contributed by atoms with Gasteiger partial charge in [0.05, 0.1) is 6.04 Å². The van der Waals surface area contributed by atoms with E-state index in [-0.39, 0.29) is 11.9 Å². The normalized spacial score (nSPS) is 16.8. The Morgan fingerprint density at radius 3 is 2.42 bits per heavy atom. The van der Waals surface area contributed by atoms with E-state index in [0.29, 0.717) is 6.54 Å². The van der Waals surface area contributed by atoms with Crippen LogP contribution in [0.25, 0.3) is 0 Å². The molecule has 1 aliphatic rings. The van der Waals surface area contributed by atoms with Crippen LogP contribution in [0.4, 0.5) is 0 Å². The molecule has 118 valence electrons. The highest BCUT2D eigenvalue weighted by atomic mass is 16.2. The third-order valence-corrected chi connectivity index (χ3v) is 4.58. The molecule has 0 saturated carbocycles. The summed E-state index contributed by atoms with van der Waals surface area (Å²) in [4.78, 5) is 19.2. The molecule has 24 heavy (non-hydrogen) atoms. The maximum atomic E-state index is 13.1. The largest absolute Gasteiger partial charge is 0.327 e. The number of benzene rings is 2. The van der Waals surface area contributed by atoms with Crippen LogP contribution < -0.4 is 0 Å². The van der Waals surface area contributed by atoms with Crippen molar-refractivity contribution >= 4 is 5.91 Å². The van der Waals surface area contributed by atoms with Crippen molar-refractivity contribution < 1.29 is 4.79 Å². The van der Waals surface area contributed by atoms with E-state index in [1.165, 1.54) is 0 Å². The first-order valence-electron chi connectivity index (χ1n) is 8.15. The van der Waals surface area contributed by atoms with Crippen LogP contribution in [0.1, 0.15) is 33.1 Å². The molecule has 0 aliphatic carbocycles. The molecule has 1 aromatic heterocycles. The maximum Gasteiger partial charge on any atom is 0.254 e. The Kier molecular flexibility index (Phi) is 3.83. The second-order valence-electron chi connectivity index (χ2n) is 6.08. The average molecular weight is 314 g/mol. The lowest BCUT2D eigenvalue weighted by Gasteiger charge is -2.37. The zero-order chi connectivity index (χ0) is 16.4. The predicted octanol–water partition coefficient (Wildman–Crippen LogP) is 4.02. The molecule has 3 heteroatoms. The summed E-state index contributed by atoms with van der Waals surface area (Å²) in [6.07, 6.45) is 4.42. The van der Waals surface area contributed by atoms with Crippen molar-refractivity contribution in [3.8, 4) is 0 Å². The SMILES string of the molecule is O=C1c2ccccc2CC(c2ccncc2)N1Cc1ccccc1. The Balaban J connectivity index is 1.76. The molecular weight excluding hydrogens is 296 g/mol. The van der Waals surface area contributed by atoms with Crippen LogP contribution in [0.15, 0.2) is 79.1 Å². The Hall–Kier alpha value is -2.94. The zero-order valence-corrected chi connectivity index (χ0v) is 13.3. The van der Waals surface area contributed by atoms with Gasteiger partial charge in [-0.1, -0.05) is 48.5 Å². The summed E-state index contributed by atoms with van der Waals surface area (Å²) >= 11 is 0. The molecule has 0 fully saturated rings. The fourth-order valence-corrected chi connectivity index (χ4v) is 3.37. The van der Waals surface area contributed by atoms with E-state index < -0.39 is 0 Å². The van der Waals surface area contributed by atoms with Crippen molar-refractivity contribution in [2.24, 2.45) is 0 Å². The average Bonchev–Trinajstić information content (AvgIpc) is 2.65. The molecule has 4 rings (SSSR count). The number of carbonyl (C=O) groups is 1. The first kappa shape index (κ1) is 14.6. The molecule has 1 atom stereocenters. The number of hydrogen-bond donors (Lipinski definition) is 0. The van der Waals surface area contributed by atoms with Gasteiger partial charge in [0.2, 0.25) is 0 Å². The Labute approximate surface area is 141 Å². The molecule has 0 spiro atoms. The number of carbonyl (C=O) groups excluding carboxylic acids is 1. The van der Waals surface area contributed by atoms with Crippen molar-refractivity contribution in [2.75, 3.05) is 0 Å². The van der Waals surface area contributed by atoms with Gasteiger partial charge in [-0.05, 0) is 41.3 Å². The van der Waals surface area contributed by atoms with Crippen molar-refractivity contribution in [1.82, 2.24) is 9.88 Å². The Morgan fingerprint density at radius 2 is 1.62 bits per heavy atom. The van der Waals surface area contributed by atoms with Gasteiger partial charge in [0, 0.05) is 24.5 Å². The monoisotopic (exact) mass is 314 g/mol. The van der Waals surface area contributed by atoms with Gasteiger partial charge in [0.25, 0.3) is 5.91 Å². The standard InChI is InChI=1S/C21H18N2O/c24-21-19-9-5-4-8-18(19)14-20(17-10-12-22-13-11-17)23(21)15-16-6-2-1-3-7-16/h1-13,20H,14-15H2. The molecule has 3 aromatic rings. The summed E-state index contributed by atoms with van der Waals surface area (Å²) in [5, 5.41) is 0. The van der Waals surface area contributed by atoms with Crippen LogP contribution in [0.3, 0.4) is 0 Å². The number of rotatable bonds is 3. The number of amides is 1. The van der Waals surface area contributed by atoms with Gasteiger partial charge in [-0.2, -0.15) is 0 Å². The summed E-state index contributed by atoms with van der Waals surface area (Å²) in [5.41, 5.74) is 4.21. The number of fused-ring (bicyclic) bond motifs is 1. The quantitative estimate of drug-likeness (QED) is 0.731. The molecule has 1 aliphatic heterocycles. The van der Waals surface area contributed by atoms with E-state index in [2.05, 4.69) is 23.2 Å². The summed E-state index contributed by atoms with van der Waals surface area (Å²) in [7, 11) is 0. The fourth-order valence-electron chi connectivity index (χ4n) is 3.37. The minimum Gasteiger partial charge on any atom is -0.327 e. The minimum absolute atomic E-state index is 0.0376. The molecule has 0 saturated heterocycles. The van der Waals surface area contributed by atoms with E-state index in [4.69, 9.17) is 0 Å². The molecule has 0 N–H and O–H groups in total. The van der Waals surface area contributed by atoms with E-state index in [1.54, 1.807) is 12.4 Å². The van der Waals surface area contributed by atoms with Gasteiger partial charge in [-0.15, -0.1) is 0 Å². The molecule has 2 aromatic carbocycles. The minimum atomic E-state index is 0.0376. The van der Waals surface area contributed by atoms with E-state index in [0.717, 1.165) is 28.7 Å². The number of hydrogen-bond acceptors (Lipinski definition) is 2. The molecule has 3 nitrogen and oxygen atoms in total. The van der Waals surface area contributed by atoms with Crippen LogP contribution in [-0.2, 0) is 13.0 Å². The molecule has 2 heterocycles. The van der Waals surface area contributed by atoms with Crippen LogP contribution in [0.5, 0.6) is 0 Å². The summed E-state index contributed by atoms with van der Waals surface area (Å²) in [6.45, 7) is 0.612. The molecular formula is C21H18N2O. The van der Waals surface area contributed by atoms with Crippen LogP contribution >= 0.6 is 0 Å². The van der Waals surface area contributed by atoms with E-state index >= 15 is 0 Å². The van der Waals surface area contributed by atoms with Crippen molar-refractivity contribution in [1.29, 1.82) is 0 Å². The summed E-state index contributed by atoms with van der Waals surface area (Å²) < 4.78 is 0. The number of aromatic nitrogens is 1. The number of pyridine rings is 1. The first-order chi connectivity index (χ1) is 11.8. The predicted molar refractivity (Wildman–Crippen MR) is 93.4 cm³/mol. The van der Waals surface area contributed by atoms with Gasteiger partial charge in [0.15, 0.2) is 0 Å². The Morgan fingerprint density at radius 1 is 0.917 bits per heavy atom. The highest BCUT2D eigenvalue weighted by Crippen LogP contribution is 2.34. The lowest BCUT2D eigenvalue weighted by atomic mass is 9.89. The fraction of sp³-hybridized carbons (Fsp3) is 0.143. The Bertz CT molecular complexity index is 846. The summed E-state index contributed by atoms with van der Waals surface area (Å²) in [6, 6.07) is 22.1. The van der Waals surface area contributed by atoms with Gasteiger partial charge >= 0.3 is 0 Å². The van der Waals surface area contributed by atoms with Crippen LogP contribution in [0, 0.1) is 0 Å². The second kappa shape index (κ2) is 6.28.